The molecule has 0 spiro atoms. The fourth-order valence-electron chi connectivity index (χ4n) is 1.84. The highest BCUT2D eigenvalue weighted by molar-refractivity contribution is 7.88. The number of nitrogens with zero attached hydrogens (tertiary/aromatic N) is 3. The van der Waals surface area contributed by atoms with Gasteiger partial charge in [-0.25, -0.2) is 22.2 Å². The first-order chi connectivity index (χ1) is 11.8. The Balaban J connectivity index is 2.01. The summed E-state index contributed by atoms with van der Waals surface area (Å²) in [6, 6.07) is 5.67. The van der Waals surface area contributed by atoms with Gasteiger partial charge in [0, 0.05) is 18.8 Å². The van der Waals surface area contributed by atoms with E-state index in [0.717, 1.165) is 12.3 Å². The summed E-state index contributed by atoms with van der Waals surface area (Å²) >= 11 is 0. The summed E-state index contributed by atoms with van der Waals surface area (Å²) in [4.78, 5) is 0. The number of benzene rings is 1. The summed E-state index contributed by atoms with van der Waals surface area (Å²) in [5, 5.41) is 22.0. The Morgan fingerprint density at radius 2 is 2.16 bits per heavy atom. The molecule has 1 heterocycles. The van der Waals surface area contributed by atoms with Crippen molar-refractivity contribution in [2.45, 2.75) is 0 Å². The highest BCUT2D eigenvalue weighted by Crippen LogP contribution is 2.22. The Labute approximate surface area is 143 Å². The molecule has 1 aromatic carbocycles. The van der Waals surface area contributed by atoms with E-state index < -0.39 is 15.8 Å². The van der Waals surface area contributed by atoms with Crippen LogP contribution in [0.4, 0.5) is 15.9 Å². The molecule has 0 bridgehead atoms. The van der Waals surface area contributed by atoms with Crippen LogP contribution in [0.1, 0.15) is 11.3 Å². The van der Waals surface area contributed by atoms with Crippen molar-refractivity contribution in [3.05, 3.63) is 41.9 Å². The van der Waals surface area contributed by atoms with Crippen LogP contribution >= 0.6 is 0 Å². The minimum absolute atomic E-state index is 0.110. The van der Waals surface area contributed by atoms with Crippen LogP contribution in [0.15, 0.2) is 29.4 Å². The predicted octanol–water partition coefficient (Wildman–Crippen LogP) is 1.12. The summed E-state index contributed by atoms with van der Waals surface area (Å²) in [6.07, 6.45) is 1.06. The molecule has 2 aromatic rings. The van der Waals surface area contributed by atoms with Gasteiger partial charge in [-0.05, 0) is 28.5 Å². The van der Waals surface area contributed by atoms with E-state index in [2.05, 4.69) is 36.9 Å². The van der Waals surface area contributed by atoms with Crippen molar-refractivity contribution in [3.63, 3.8) is 0 Å². The van der Waals surface area contributed by atoms with Gasteiger partial charge in [0.15, 0.2) is 5.69 Å². The average Bonchev–Trinajstić information content (AvgIpc) is 3.01. The molecular formula is C14H15FN6O3S. The third-order valence-corrected chi connectivity index (χ3v) is 3.67. The van der Waals surface area contributed by atoms with Crippen LogP contribution in [0.2, 0.25) is 0 Å². The third kappa shape index (κ3) is 5.27. The lowest BCUT2D eigenvalue weighted by molar-refractivity contribution is 0.307. The third-order valence-electron chi connectivity index (χ3n) is 2.94. The molecule has 0 atom stereocenters. The van der Waals surface area contributed by atoms with E-state index in [4.69, 9.17) is 5.26 Å². The highest BCUT2D eigenvalue weighted by atomic mass is 32.2. The molecule has 0 aliphatic rings. The standard InChI is InChI=1S/C14H15FN6O3S/c1-9(19-11-3-4-12(15)10(7-11)8-16)13-14(21-24-20-13)17-5-6-18-25(2,22)23/h3-4,7,18-19H,1,5-6H2,2H3,(H,17,21). The van der Waals surface area contributed by atoms with Gasteiger partial charge in [-0.1, -0.05) is 6.58 Å². The van der Waals surface area contributed by atoms with E-state index in [1.54, 1.807) is 6.07 Å². The van der Waals surface area contributed by atoms with Crippen LogP contribution in [0.5, 0.6) is 0 Å². The molecule has 0 amide bonds. The minimum Gasteiger partial charge on any atom is -0.364 e. The zero-order valence-electron chi connectivity index (χ0n) is 13.2. The van der Waals surface area contributed by atoms with Gasteiger partial charge in [0.2, 0.25) is 15.8 Å². The summed E-state index contributed by atoms with van der Waals surface area (Å²) in [6.45, 7) is 4.19. The number of aromatic nitrogens is 2. The number of halogens is 1. The van der Waals surface area contributed by atoms with E-state index in [1.165, 1.54) is 12.1 Å². The molecule has 0 saturated heterocycles. The molecule has 1 aromatic heterocycles. The second-order valence-corrected chi connectivity index (χ2v) is 6.80. The molecule has 0 saturated carbocycles. The first kappa shape index (κ1) is 18.4. The van der Waals surface area contributed by atoms with Crippen molar-refractivity contribution in [1.29, 1.82) is 5.26 Å². The Morgan fingerprint density at radius 3 is 2.84 bits per heavy atom. The van der Waals surface area contributed by atoms with Gasteiger partial charge in [0.05, 0.1) is 17.5 Å². The molecular weight excluding hydrogens is 351 g/mol. The van der Waals surface area contributed by atoms with Crippen molar-refractivity contribution in [3.8, 4) is 6.07 Å². The number of sulfonamides is 1. The monoisotopic (exact) mass is 366 g/mol. The summed E-state index contributed by atoms with van der Waals surface area (Å²) in [5.74, 6) is -0.363. The van der Waals surface area contributed by atoms with Gasteiger partial charge in [-0.2, -0.15) is 5.26 Å². The molecule has 0 fully saturated rings. The average molecular weight is 366 g/mol. The summed E-state index contributed by atoms with van der Waals surface area (Å²) in [5.41, 5.74) is 0.898. The lowest BCUT2D eigenvalue weighted by Gasteiger charge is -2.09. The van der Waals surface area contributed by atoms with Crippen molar-refractivity contribution in [2.75, 3.05) is 30.0 Å². The van der Waals surface area contributed by atoms with Gasteiger partial charge in [-0.3, -0.25) is 0 Å². The molecule has 0 aliphatic heterocycles. The van der Waals surface area contributed by atoms with Crippen LogP contribution < -0.4 is 15.4 Å². The van der Waals surface area contributed by atoms with E-state index in [9.17, 15) is 12.8 Å². The van der Waals surface area contributed by atoms with Crippen molar-refractivity contribution >= 4 is 27.2 Å². The molecule has 2 rings (SSSR count). The van der Waals surface area contributed by atoms with Crippen molar-refractivity contribution < 1.29 is 17.4 Å². The second-order valence-electron chi connectivity index (χ2n) is 4.96. The number of rotatable bonds is 8. The van der Waals surface area contributed by atoms with E-state index >= 15 is 0 Å². The maximum Gasteiger partial charge on any atom is 0.208 e. The molecule has 9 nitrogen and oxygen atoms in total. The summed E-state index contributed by atoms with van der Waals surface area (Å²) < 4.78 is 42.3. The lowest BCUT2D eigenvalue weighted by Crippen LogP contribution is -2.27. The molecule has 132 valence electrons. The predicted molar refractivity (Wildman–Crippen MR) is 89.4 cm³/mol. The van der Waals surface area contributed by atoms with Crippen molar-refractivity contribution in [2.24, 2.45) is 0 Å². The highest BCUT2D eigenvalue weighted by Gasteiger charge is 2.14. The quantitative estimate of drug-likeness (QED) is 0.592. The maximum absolute atomic E-state index is 13.3. The molecule has 3 N–H and O–H groups in total. The fraction of sp³-hybridized carbons (Fsp3) is 0.214. The number of nitriles is 1. The van der Waals surface area contributed by atoms with Crippen LogP contribution in [-0.2, 0) is 10.0 Å². The number of hydrogen-bond acceptors (Lipinski definition) is 8. The Morgan fingerprint density at radius 1 is 1.40 bits per heavy atom. The van der Waals surface area contributed by atoms with E-state index in [0.29, 0.717) is 11.4 Å². The largest absolute Gasteiger partial charge is 0.364 e. The van der Waals surface area contributed by atoms with Crippen LogP contribution in [0, 0.1) is 17.1 Å². The van der Waals surface area contributed by atoms with E-state index in [-0.39, 0.29) is 30.2 Å². The number of hydrogen-bond donors (Lipinski definition) is 3. The Kier molecular flexibility index (Phi) is 5.68. The molecule has 0 radical (unpaired) electrons. The van der Waals surface area contributed by atoms with Gasteiger partial charge in [-0.15, -0.1) is 0 Å². The number of anilines is 2. The fourth-order valence-corrected chi connectivity index (χ4v) is 2.31. The zero-order valence-corrected chi connectivity index (χ0v) is 14.0. The topological polar surface area (TPSA) is 133 Å². The minimum atomic E-state index is -3.28. The van der Waals surface area contributed by atoms with Crippen LogP contribution in [0.25, 0.3) is 5.70 Å². The first-order valence-electron chi connectivity index (χ1n) is 6.97. The molecule has 0 unspecified atom stereocenters. The summed E-state index contributed by atoms with van der Waals surface area (Å²) in [7, 11) is -3.28. The SMILES string of the molecule is C=C(Nc1ccc(F)c(C#N)c1)c1nonc1NCCNS(C)(=O)=O. The van der Waals surface area contributed by atoms with Crippen molar-refractivity contribution in [1.82, 2.24) is 15.0 Å². The van der Waals surface area contributed by atoms with Crippen LogP contribution in [-0.4, -0.2) is 38.1 Å². The smallest absolute Gasteiger partial charge is 0.208 e. The lowest BCUT2D eigenvalue weighted by atomic mass is 10.2. The zero-order chi connectivity index (χ0) is 18.4. The van der Waals surface area contributed by atoms with Gasteiger partial charge >= 0.3 is 0 Å². The van der Waals surface area contributed by atoms with Gasteiger partial charge in [0.1, 0.15) is 11.9 Å². The Bertz CT molecular complexity index is 919. The first-order valence-corrected chi connectivity index (χ1v) is 8.86. The molecule has 25 heavy (non-hydrogen) atoms. The van der Waals surface area contributed by atoms with Gasteiger partial charge < -0.3 is 10.6 Å². The normalized spacial score (nSPS) is 10.9. The number of nitrogens with one attached hydrogen (secondary N) is 3. The molecule has 11 heteroatoms. The molecule has 0 aliphatic carbocycles. The van der Waals surface area contributed by atoms with Crippen LogP contribution in [0.3, 0.4) is 0 Å². The second kappa shape index (κ2) is 7.73. The Hall–Kier alpha value is -2.97. The maximum atomic E-state index is 13.3. The van der Waals surface area contributed by atoms with Gasteiger partial charge in [0.25, 0.3) is 0 Å². The van der Waals surface area contributed by atoms with E-state index in [1.807, 2.05) is 0 Å².